The summed E-state index contributed by atoms with van der Waals surface area (Å²) in [5, 5.41) is 5.83. The van der Waals surface area contributed by atoms with Crippen molar-refractivity contribution in [2.45, 2.75) is 26.4 Å². The summed E-state index contributed by atoms with van der Waals surface area (Å²) in [4.78, 5) is 28.0. The summed E-state index contributed by atoms with van der Waals surface area (Å²) in [6.45, 7) is 5.77. The van der Waals surface area contributed by atoms with Crippen LogP contribution in [0.3, 0.4) is 0 Å². The van der Waals surface area contributed by atoms with Gasteiger partial charge in [0.15, 0.2) is 11.4 Å². The highest BCUT2D eigenvalue weighted by Gasteiger charge is 2.17. The van der Waals surface area contributed by atoms with Crippen molar-refractivity contribution in [2.24, 2.45) is 0 Å². The van der Waals surface area contributed by atoms with Crippen LogP contribution < -0.4 is 15.4 Å². The maximum absolute atomic E-state index is 12.4. The number of halogens is 1. The molecule has 0 fully saturated rings. The van der Waals surface area contributed by atoms with E-state index in [9.17, 15) is 9.59 Å². The third-order valence-electron chi connectivity index (χ3n) is 3.11. The maximum Gasteiger partial charge on any atom is 0.407 e. The molecule has 0 aliphatic heterocycles. The van der Waals surface area contributed by atoms with Crippen molar-refractivity contribution in [2.75, 3.05) is 13.1 Å². The van der Waals surface area contributed by atoms with Crippen LogP contribution in [0.1, 0.15) is 31.3 Å². The molecule has 0 aliphatic rings. The minimum Gasteiger partial charge on any atom is -0.455 e. The van der Waals surface area contributed by atoms with E-state index in [-0.39, 0.29) is 18.8 Å². The standard InChI is InChI=1S/C19H22ClN3O4/c1-19(2,3)27-18(25)23-12-11-22-17(24)16-15(5-4-10-21-16)26-14-8-6-13(20)7-9-14/h4-10H,11-12H2,1-3H3,(H,22,24)(H,23,25). The van der Waals surface area contributed by atoms with E-state index in [0.29, 0.717) is 16.5 Å². The number of nitrogens with zero attached hydrogens (tertiary/aromatic N) is 1. The lowest BCUT2D eigenvalue weighted by Crippen LogP contribution is -2.38. The Hall–Kier alpha value is -2.80. The van der Waals surface area contributed by atoms with Crippen LogP contribution in [-0.2, 0) is 4.74 Å². The van der Waals surface area contributed by atoms with Crippen LogP contribution in [-0.4, -0.2) is 35.7 Å². The smallest absolute Gasteiger partial charge is 0.407 e. The number of carbonyl (C=O) groups is 2. The number of alkyl carbamates (subject to hydrolysis) is 1. The number of hydrogen-bond acceptors (Lipinski definition) is 5. The Balaban J connectivity index is 1.89. The van der Waals surface area contributed by atoms with Crippen LogP contribution in [0.15, 0.2) is 42.6 Å². The van der Waals surface area contributed by atoms with Crippen molar-refractivity contribution in [3.05, 3.63) is 53.3 Å². The summed E-state index contributed by atoms with van der Waals surface area (Å²) in [7, 11) is 0. The summed E-state index contributed by atoms with van der Waals surface area (Å²) in [6, 6.07) is 10.1. The van der Waals surface area contributed by atoms with E-state index in [4.69, 9.17) is 21.1 Å². The minimum atomic E-state index is -0.574. The van der Waals surface area contributed by atoms with Crippen molar-refractivity contribution in [1.82, 2.24) is 15.6 Å². The molecule has 2 aromatic rings. The van der Waals surface area contributed by atoms with Gasteiger partial charge in [-0.15, -0.1) is 0 Å². The first-order valence-corrected chi connectivity index (χ1v) is 8.76. The van der Waals surface area contributed by atoms with Crippen molar-refractivity contribution in [1.29, 1.82) is 0 Å². The molecule has 2 N–H and O–H groups in total. The summed E-state index contributed by atoms with van der Waals surface area (Å²) in [6.07, 6.45) is 0.962. The SMILES string of the molecule is CC(C)(C)OC(=O)NCCNC(=O)c1ncccc1Oc1ccc(Cl)cc1. The third-order valence-corrected chi connectivity index (χ3v) is 3.36. The maximum atomic E-state index is 12.4. The van der Waals surface area contributed by atoms with E-state index in [1.165, 1.54) is 6.20 Å². The molecular formula is C19H22ClN3O4. The van der Waals surface area contributed by atoms with Gasteiger partial charge in [-0.25, -0.2) is 9.78 Å². The molecule has 0 bridgehead atoms. The number of rotatable bonds is 6. The number of hydrogen-bond donors (Lipinski definition) is 2. The highest BCUT2D eigenvalue weighted by Crippen LogP contribution is 2.25. The lowest BCUT2D eigenvalue weighted by atomic mass is 10.2. The van der Waals surface area contributed by atoms with E-state index in [2.05, 4.69) is 15.6 Å². The van der Waals surface area contributed by atoms with Crippen molar-refractivity contribution in [3.8, 4) is 11.5 Å². The van der Waals surface area contributed by atoms with Crippen molar-refractivity contribution in [3.63, 3.8) is 0 Å². The first-order valence-electron chi connectivity index (χ1n) is 8.38. The van der Waals surface area contributed by atoms with E-state index in [1.54, 1.807) is 57.2 Å². The molecule has 144 valence electrons. The third kappa shape index (κ3) is 7.15. The van der Waals surface area contributed by atoms with Gasteiger partial charge < -0.3 is 20.1 Å². The topological polar surface area (TPSA) is 89.6 Å². The average molecular weight is 392 g/mol. The molecular weight excluding hydrogens is 370 g/mol. The first-order chi connectivity index (χ1) is 12.7. The van der Waals surface area contributed by atoms with Gasteiger partial charge in [-0.2, -0.15) is 0 Å². The molecule has 0 radical (unpaired) electrons. The molecule has 2 rings (SSSR count). The van der Waals surface area contributed by atoms with Gasteiger partial charge in [-0.05, 0) is 57.2 Å². The largest absolute Gasteiger partial charge is 0.455 e. The Morgan fingerprint density at radius 1 is 1.07 bits per heavy atom. The lowest BCUT2D eigenvalue weighted by molar-refractivity contribution is 0.0526. The zero-order valence-electron chi connectivity index (χ0n) is 15.4. The van der Waals surface area contributed by atoms with Gasteiger partial charge in [0.2, 0.25) is 0 Å². The number of benzene rings is 1. The van der Waals surface area contributed by atoms with Gasteiger partial charge in [-0.1, -0.05) is 11.6 Å². The van der Waals surface area contributed by atoms with Crippen LogP contribution >= 0.6 is 11.6 Å². The second-order valence-electron chi connectivity index (χ2n) is 6.59. The number of pyridine rings is 1. The van der Waals surface area contributed by atoms with E-state index in [0.717, 1.165) is 0 Å². The van der Waals surface area contributed by atoms with Crippen molar-refractivity contribution < 1.29 is 19.1 Å². The molecule has 1 heterocycles. The average Bonchev–Trinajstić information content (AvgIpc) is 2.59. The Labute approximate surface area is 163 Å². The fraction of sp³-hybridized carbons (Fsp3) is 0.316. The molecule has 7 nitrogen and oxygen atoms in total. The Kier molecular flexibility index (Phi) is 7.01. The number of carbonyl (C=O) groups excluding carboxylic acids is 2. The van der Waals surface area contributed by atoms with Gasteiger partial charge in [-0.3, -0.25) is 4.79 Å². The van der Waals surface area contributed by atoms with Gasteiger partial charge >= 0.3 is 6.09 Å². The van der Waals surface area contributed by atoms with Crippen molar-refractivity contribution >= 4 is 23.6 Å². The number of aromatic nitrogens is 1. The summed E-state index contributed by atoms with van der Waals surface area (Å²) in [5.74, 6) is 0.441. The van der Waals surface area contributed by atoms with Gasteiger partial charge in [0.05, 0.1) is 0 Å². The van der Waals surface area contributed by atoms with Gasteiger partial charge in [0.25, 0.3) is 5.91 Å². The zero-order chi connectivity index (χ0) is 19.9. The molecule has 0 saturated heterocycles. The molecule has 0 unspecified atom stereocenters. The predicted octanol–water partition coefficient (Wildman–Crippen LogP) is 3.78. The summed E-state index contributed by atoms with van der Waals surface area (Å²) < 4.78 is 10.8. The van der Waals surface area contributed by atoms with Crippen LogP contribution in [0.2, 0.25) is 5.02 Å². The molecule has 0 spiro atoms. The zero-order valence-corrected chi connectivity index (χ0v) is 16.2. The molecule has 1 aromatic carbocycles. The van der Waals surface area contributed by atoms with E-state index >= 15 is 0 Å². The second-order valence-corrected chi connectivity index (χ2v) is 7.03. The fourth-order valence-electron chi connectivity index (χ4n) is 2.01. The highest BCUT2D eigenvalue weighted by molar-refractivity contribution is 6.30. The Bertz CT molecular complexity index is 788. The number of nitrogens with one attached hydrogen (secondary N) is 2. The van der Waals surface area contributed by atoms with Gasteiger partial charge in [0.1, 0.15) is 11.4 Å². The number of ether oxygens (including phenoxy) is 2. The lowest BCUT2D eigenvalue weighted by Gasteiger charge is -2.19. The van der Waals surface area contributed by atoms with E-state index < -0.39 is 17.6 Å². The molecule has 1 aromatic heterocycles. The molecule has 0 atom stereocenters. The van der Waals surface area contributed by atoms with Crippen LogP contribution in [0.5, 0.6) is 11.5 Å². The van der Waals surface area contributed by atoms with Crippen LogP contribution in [0, 0.1) is 0 Å². The minimum absolute atomic E-state index is 0.143. The summed E-state index contributed by atoms with van der Waals surface area (Å²) >= 11 is 5.85. The molecule has 8 heteroatoms. The molecule has 0 saturated carbocycles. The quantitative estimate of drug-likeness (QED) is 0.731. The highest BCUT2D eigenvalue weighted by atomic mass is 35.5. The molecule has 0 aliphatic carbocycles. The fourth-order valence-corrected chi connectivity index (χ4v) is 2.14. The normalized spacial score (nSPS) is 10.8. The second kappa shape index (κ2) is 9.23. The monoisotopic (exact) mass is 391 g/mol. The van der Waals surface area contributed by atoms with Gasteiger partial charge in [0, 0.05) is 24.3 Å². The van der Waals surface area contributed by atoms with Crippen LogP contribution in [0.25, 0.3) is 0 Å². The summed E-state index contributed by atoms with van der Waals surface area (Å²) in [5.41, 5.74) is -0.431. The predicted molar refractivity (Wildman–Crippen MR) is 102 cm³/mol. The molecule has 27 heavy (non-hydrogen) atoms. The van der Waals surface area contributed by atoms with Crippen LogP contribution in [0.4, 0.5) is 4.79 Å². The first kappa shape index (κ1) is 20.5. The number of amides is 2. The Morgan fingerprint density at radius 3 is 2.41 bits per heavy atom. The molecule has 2 amide bonds. The Morgan fingerprint density at radius 2 is 1.74 bits per heavy atom. The van der Waals surface area contributed by atoms with E-state index in [1.807, 2.05) is 0 Å².